The number of ether oxygens (including phenoxy) is 1. The molecule has 1 saturated carbocycles. The van der Waals surface area contributed by atoms with Crippen LogP contribution in [0, 0.1) is 5.92 Å². The van der Waals surface area contributed by atoms with Gasteiger partial charge >= 0.3 is 0 Å². The van der Waals surface area contributed by atoms with E-state index in [0.29, 0.717) is 12.5 Å². The fraction of sp³-hybridized carbons (Fsp3) is 0.533. The summed E-state index contributed by atoms with van der Waals surface area (Å²) in [7, 11) is 0. The third-order valence-electron chi connectivity index (χ3n) is 3.60. The second-order valence-corrected chi connectivity index (χ2v) is 5.16. The van der Waals surface area contributed by atoms with E-state index in [4.69, 9.17) is 16.2 Å². The van der Waals surface area contributed by atoms with Gasteiger partial charge in [-0.2, -0.15) is 0 Å². The summed E-state index contributed by atoms with van der Waals surface area (Å²) in [4.78, 5) is 4.04. The van der Waals surface area contributed by atoms with Crippen LogP contribution in [0.2, 0.25) is 0 Å². The van der Waals surface area contributed by atoms with E-state index in [-0.39, 0.29) is 5.96 Å². The van der Waals surface area contributed by atoms with E-state index < -0.39 is 0 Å². The normalized spacial score (nSPS) is 16.0. The monoisotopic (exact) mass is 261 g/mol. The average Bonchev–Trinajstić information content (AvgIpc) is 2.45. The lowest BCUT2D eigenvalue weighted by molar-refractivity contribution is 0.207. The first kappa shape index (κ1) is 13.7. The number of rotatable bonds is 5. The van der Waals surface area contributed by atoms with Crippen LogP contribution in [0.3, 0.4) is 0 Å². The maximum Gasteiger partial charge on any atom is 0.186 e. The molecule has 0 aliphatic heterocycles. The number of guanidine groups is 1. The minimum absolute atomic E-state index is 0.113. The van der Waals surface area contributed by atoms with E-state index in [1.807, 2.05) is 24.3 Å². The number of aliphatic imine (C=N–C) groups is 1. The first-order valence-electron chi connectivity index (χ1n) is 7.02. The second kappa shape index (κ2) is 7.02. The van der Waals surface area contributed by atoms with Crippen molar-refractivity contribution in [1.29, 1.82) is 0 Å². The van der Waals surface area contributed by atoms with Crippen LogP contribution in [0.1, 0.15) is 37.7 Å². The molecule has 1 aliphatic rings. The lowest BCUT2D eigenvalue weighted by atomic mass is 9.90. The van der Waals surface area contributed by atoms with E-state index in [1.165, 1.54) is 32.1 Å². The molecule has 0 spiro atoms. The lowest BCUT2D eigenvalue weighted by Crippen LogP contribution is -2.22. The molecule has 0 amide bonds. The summed E-state index contributed by atoms with van der Waals surface area (Å²) in [5, 5.41) is 0. The molecule has 0 unspecified atom stereocenters. The van der Waals surface area contributed by atoms with Gasteiger partial charge in [-0.1, -0.05) is 37.5 Å². The fourth-order valence-corrected chi connectivity index (χ4v) is 2.51. The molecule has 0 radical (unpaired) electrons. The van der Waals surface area contributed by atoms with E-state index in [9.17, 15) is 0 Å². The lowest BCUT2D eigenvalue weighted by Gasteiger charge is -2.22. The predicted octanol–water partition coefficient (Wildman–Crippen LogP) is 2.42. The number of hydrogen-bond acceptors (Lipinski definition) is 2. The van der Waals surface area contributed by atoms with Gasteiger partial charge in [0.2, 0.25) is 0 Å². The Labute approximate surface area is 114 Å². The number of nitrogens with zero attached hydrogens (tertiary/aromatic N) is 1. The Morgan fingerprint density at radius 2 is 1.89 bits per heavy atom. The molecule has 4 N–H and O–H groups in total. The van der Waals surface area contributed by atoms with E-state index in [2.05, 4.69) is 4.99 Å². The SMILES string of the molecule is NC(N)=NCc1ccccc1OCC1CCCCC1. The topological polar surface area (TPSA) is 73.6 Å². The molecule has 1 fully saturated rings. The van der Waals surface area contributed by atoms with Crippen LogP contribution in [0.15, 0.2) is 29.3 Å². The Hall–Kier alpha value is -1.71. The maximum absolute atomic E-state index is 5.96. The van der Waals surface area contributed by atoms with Crippen LogP contribution in [0.5, 0.6) is 5.75 Å². The van der Waals surface area contributed by atoms with Crippen molar-refractivity contribution in [2.24, 2.45) is 22.4 Å². The van der Waals surface area contributed by atoms with Crippen molar-refractivity contribution in [1.82, 2.24) is 0 Å². The summed E-state index contributed by atoms with van der Waals surface area (Å²) in [6, 6.07) is 7.95. The third-order valence-corrected chi connectivity index (χ3v) is 3.60. The van der Waals surface area contributed by atoms with Crippen molar-refractivity contribution in [2.45, 2.75) is 38.6 Å². The predicted molar refractivity (Wildman–Crippen MR) is 78.0 cm³/mol. The van der Waals surface area contributed by atoms with Crippen LogP contribution in [0.4, 0.5) is 0 Å². The van der Waals surface area contributed by atoms with Gasteiger partial charge in [-0.25, -0.2) is 4.99 Å². The highest BCUT2D eigenvalue weighted by Gasteiger charge is 2.14. The molecule has 4 heteroatoms. The van der Waals surface area contributed by atoms with Gasteiger partial charge in [0.15, 0.2) is 5.96 Å². The van der Waals surface area contributed by atoms with Crippen molar-refractivity contribution < 1.29 is 4.74 Å². The molecule has 0 atom stereocenters. The molecule has 1 aromatic rings. The summed E-state index contributed by atoms with van der Waals surface area (Å²) < 4.78 is 5.96. The summed E-state index contributed by atoms with van der Waals surface area (Å²) in [6.45, 7) is 1.28. The molecule has 104 valence electrons. The maximum atomic E-state index is 5.96. The Kier molecular flexibility index (Phi) is 5.07. The van der Waals surface area contributed by atoms with Crippen molar-refractivity contribution in [3.05, 3.63) is 29.8 Å². The standard InChI is InChI=1S/C15H23N3O/c16-15(17)18-10-13-8-4-5-9-14(13)19-11-12-6-2-1-3-7-12/h4-5,8-9,12H,1-3,6-7,10-11H2,(H4,16,17,18). The zero-order chi connectivity index (χ0) is 13.5. The molecule has 2 rings (SSSR count). The highest BCUT2D eigenvalue weighted by atomic mass is 16.5. The quantitative estimate of drug-likeness (QED) is 0.631. The van der Waals surface area contributed by atoms with Gasteiger partial charge in [0, 0.05) is 5.56 Å². The van der Waals surface area contributed by atoms with E-state index >= 15 is 0 Å². The average molecular weight is 261 g/mol. The molecule has 1 aromatic carbocycles. The zero-order valence-corrected chi connectivity index (χ0v) is 11.3. The van der Waals surface area contributed by atoms with Gasteiger partial charge < -0.3 is 16.2 Å². The fourth-order valence-electron chi connectivity index (χ4n) is 2.51. The van der Waals surface area contributed by atoms with Crippen LogP contribution in [-0.2, 0) is 6.54 Å². The number of para-hydroxylation sites is 1. The highest BCUT2D eigenvalue weighted by Crippen LogP contribution is 2.26. The van der Waals surface area contributed by atoms with Gasteiger partial charge in [-0.3, -0.25) is 0 Å². The van der Waals surface area contributed by atoms with Crippen molar-refractivity contribution >= 4 is 5.96 Å². The molecule has 4 nitrogen and oxygen atoms in total. The molecule has 0 saturated heterocycles. The summed E-state index contributed by atoms with van der Waals surface area (Å²) in [5.41, 5.74) is 11.8. The summed E-state index contributed by atoms with van der Waals surface area (Å²) >= 11 is 0. The van der Waals surface area contributed by atoms with Gasteiger partial charge in [0.05, 0.1) is 13.2 Å². The van der Waals surface area contributed by atoms with Crippen LogP contribution in [0.25, 0.3) is 0 Å². The van der Waals surface area contributed by atoms with Gasteiger partial charge in [0.25, 0.3) is 0 Å². The van der Waals surface area contributed by atoms with E-state index in [0.717, 1.165) is 17.9 Å². The first-order chi connectivity index (χ1) is 9.25. The van der Waals surface area contributed by atoms with Crippen molar-refractivity contribution in [3.8, 4) is 5.75 Å². The molecule has 0 bridgehead atoms. The molecular formula is C15H23N3O. The minimum atomic E-state index is 0.113. The number of benzene rings is 1. The number of nitrogens with two attached hydrogens (primary N) is 2. The number of hydrogen-bond donors (Lipinski definition) is 2. The summed E-state index contributed by atoms with van der Waals surface area (Å²) in [6.07, 6.45) is 6.62. The van der Waals surface area contributed by atoms with Crippen molar-refractivity contribution in [3.63, 3.8) is 0 Å². The Bertz CT molecular complexity index is 421. The first-order valence-corrected chi connectivity index (χ1v) is 7.02. The molecule has 1 aliphatic carbocycles. The van der Waals surface area contributed by atoms with Crippen LogP contribution < -0.4 is 16.2 Å². The Balaban J connectivity index is 1.93. The Morgan fingerprint density at radius 3 is 2.63 bits per heavy atom. The molecule has 19 heavy (non-hydrogen) atoms. The largest absolute Gasteiger partial charge is 0.493 e. The van der Waals surface area contributed by atoms with Gasteiger partial charge in [-0.05, 0) is 24.8 Å². The van der Waals surface area contributed by atoms with Gasteiger partial charge in [0.1, 0.15) is 5.75 Å². The van der Waals surface area contributed by atoms with E-state index in [1.54, 1.807) is 0 Å². The molecule has 0 aromatic heterocycles. The second-order valence-electron chi connectivity index (χ2n) is 5.16. The van der Waals surface area contributed by atoms with Crippen molar-refractivity contribution in [2.75, 3.05) is 6.61 Å². The van der Waals surface area contributed by atoms with Crippen LogP contribution >= 0.6 is 0 Å². The third kappa shape index (κ3) is 4.47. The smallest absolute Gasteiger partial charge is 0.186 e. The van der Waals surface area contributed by atoms with Crippen LogP contribution in [-0.4, -0.2) is 12.6 Å². The molecule has 0 heterocycles. The minimum Gasteiger partial charge on any atom is -0.493 e. The van der Waals surface area contributed by atoms with Gasteiger partial charge in [-0.15, -0.1) is 0 Å². The zero-order valence-electron chi connectivity index (χ0n) is 11.3. The molecular weight excluding hydrogens is 238 g/mol. The summed E-state index contributed by atoms with van der Waals surface area (Å²) in [5.74, 6) is 1.71. The Morgan fingerprint density at radius 1 is 1.16 bits per heavy atom. The highest BCUT2D eigenvalue weighted by molar-refractivity contribution is 5.75.